The number of carbonyl (C=O) groups is 1. The summed E-state index contributed by atoms with van der Waals surface area (Å²) < 4.78 is 27.5. The summed E-state index contributed by atoms with van der Waals surface area (Å²) in [5, 5.41) is 3.56. The lowest BCUT2D eigenvalue weighted by molar-refractivity contribution is -0.120. The second-order valence-electron chi connectivity index (χ2n) is 8.45. The molecule has 1 N–H and O–H groups in total. The van der Waals surface area contributed by atoms with Gasteiger partial charge in [-0.15, -0.1) is 0 Å². The van der Waals surface area contributed by atoms with Crippen molar-refractivity contribution in [2.24, 2.45) is 5.92 Å². The van der Waals surface area contributed by atoms with Crippen molar-refractivity contribution in [3.63, 3.8) is 0 Å². The molecule has 9 heteroatoms. The second kappa shape index (κ2) is 9.79. The van der Waals surface area contributed by atoms with Crippen molar-refractivity contribution in [2.45, 2.75) is 17.7 Å². The number of halogens is 1. The number of benzene rings is 2. The largest absolute Gasteiger partial charge is 0.367 e. The van der Waals surface area contributed by atoms with Gasteiger partial charge < -0.3 is 15.1 Å². The van der Waals surface area contributed by atoms with E-state index in [0.29, 0.717) is 24.4 Å². The minimum atomic E-state index is -3.67. The molecule has 0 aromatic heterocycles. The Morgan fingerprint density at radius 2 is 1.69 bits per heavy atom. The number of hydrogen-bond acceptors (Lipinski definition) is 5. The molecule has 2 heterocycles. The lowest BCUT2D eigenvalue weighted by Crippen LogP contribution is -2.45. The normalized spacial score (nSPS) is 20.8. The standard InChI is InChI=1S/C23H29ClN4O3S/c1-26-13-15-27(16-14-26)22-7-3-2-6-21(22)25-23(29)18-5-4-12-28(17-18)32(30,31)20-10-8-19(24)9-11-20/h2-3,6-11,18H,4-5,12-17H2,1H3,(H,25,29). The molecular weight excluding hydrogens is 448 g/mol. The highest BCUT2D eigenvalue weighted by atomic mass is 35.5. The summed E-state index contributed by atoms with van der Waals surface area (Å²) in [7, 11) is -1.56. The molecular formula is C23H29ClN4O3S. The lowest BCUT2D eigenvalue weighted by Gasteiger charge is -2.35. The highest BCUT2D eigenvalue weighted by molar-refractivity contribution is 7.89. The molecule has 2 aliphatic rings. The van der Waals surface area contributed by atoms with Crippen LogP contribution in [0.15, 0.2) is 53.4 Å². The number of anilines is 2. The number of nitrogens with zero attached hydrogens (tertiary/aromatic N) is 3. The van der Waals surface area contributed by atoms with E-state index in [2.05, 4.69) is 22.2 Å². The van der Waals surface area contributed by atoms with Crippen LogP contribution in [-0.2, 0) is 14.8 Å². The predicted octanol–water partition coefficient (Wildman–Crippen LogP) is 3.13. The van der Waals surface area contributed by atoms with Crippen LogP contribution in [0.3, 0.4) is 0 Å². The Labute approximate surface area is 195 Å². The molecule has 0 aliphatic carbocycles. The monoisotopic (exact) mass is 476 g/mol. The highest BCUT2D eigenvalue weighted by Gasteiger charge is 2.33. The van der Waals surface area contributed by atoms with Crippen LogP contribution >= 0.6 is 11.6 Å². The van der Waals surface area contributed by atoms with Crippen molar-refractivity contribution in [2.75, 3.05) is 56.5 Å². The number of piperazine rings is 1. The van der Waals surface area contributed by atoms with E-state index in [-0.39, 0.29) is 17.3 Å². The molecule has 0 spiro atoms. The van der Waals surface area contributed by atoms with Crippen LogP contribution in [0.25, 0.3) is 0 Å². The number of amides is 1. The smallest absolute Gasteiger partial charge is 0.243 e. The Kier molecular flexibility index (Phi) is 7.05. The zero-order valence-corrected chi connectivity index (χ0v) is 19.8. The van der Waals surface area contributed by atoms with E-state index in [1.807, 2.05) is 24.3 Å². The van der Waals surface area contributed by atoms with E-state index in [4.69, 9.17) is 11.6 Å². The molecule has 32 heavy (non-hydrogen) atoms. The summed E-state index contributed by atoms with van der Waals surface area (Å²) in [4.78, 5) is 17.9. The van der Waals surface area contributed by atoms with Crippen molar-refractivity contribution in [3.8, 4) is 0 Å². The minimum Gasteiger partial charge on any atom is -0.367 e. The van der Waals surface area contributed by atoms with Crippen molar-refractivity contribution >= 4 is 38.9 Å². The van der Waals surface area contributed by atoms with Crippen LogP contribution < -0.4 is 10.2 Å². The van der Waals surface area contributed by atoms with Gasteiger partial charge in [-0.05, 0) is 56.3 Å². The summed E-state index contributed by atoms with van der Waals surface area (Å²) >= 11 is 5.90. The molecule has 2 aliphatic heterocycles. The van der Waals surface area contributed by atoms with Crippen LogP contribution in [0.1, 0.15) is 12.8 Å². The van der Waals surface area contributed by atoms with E-state index in [1.54, 1.807) is 12.1 Å². The van der Waals surface area contributed by atoms with Gasteiger partial charge in [-0.2, -0.15) is 4.31 Å². The fourth-order valence-electron chi connectivity index (χ4n) is 4.27. The first kappa shape index (κ1) is 23.0. The molecule has 4 rings (SSSR count). The van der Waals surface area contributed by atoms with Crippen LogP contribution in [0.2, 0.25) is 5.02 Å². The third-order valence-electron chi connectivity index (χ3n) is 6.21. The lowest BCUT2D eigenvalue weighted by atomic mass is 9.98. The summed E-state index contributed by atoms with van der Waals surface area (Å²) in [6, 6.07) is 14.0. The topological polar surface area (TPSA) is 73.0 Å². The fourth-order valence-corrected chi connectivity index (χ4v) is 5.92. The van der Waals surface area contributed by atoms with Crippen molar-refractivity contribution in [1.29, 1.82) is 0 Å². The van der Waals surface area contributed by atoms with Gasteiger partial charge >= 0.3 is 0 Å². The second-order valence-corrected chi connectivity index (χ2v) is 10.8. The number of rotatable bonds is 5. The van der Waals surface area contributed by atoms with E-state index in [9.17, 15) is 13.2 Å². The number of likely N-dealkylation sites (N-methyl/N-ethyl adjacent to an activating group) is 1. The van der Waals surface area contributed by atoms with Gasteiger partial charge in [-0.3, -0.25) is 4.79 Å². The molecule has 7 nitrogen and oxygen atoms in total. The van der Waals surface area contributed by atoms with E-state index in [0.717, 1.165) is 37.6 Å². The van der Waals surface area contributed by atoms with Crippen LogP contribution in [-0.4, -0.2) is 69.8 Å². The third kappa shape index (κ3) is 5.09. The quantitative estimate of drug-likeness (QED) is 0.717. The van der Waals surface area contributed by atoms with Crippen LogP contribution in [0, 0.1) is 5.92 Å². The molecule has 2 saturated heterocycles. The Morgan fingerprint density at radius 3 is 2.41 bits per heavy atom. The predicted molar refractivity (Wildman–Crippen MR) is 128 cm³/mol. The molecule has 1 amide bonds. The number of sulfonamides is 1. The number of piperidine rings is 1. The molecule has 2 aromatic carbocycles. The van der Waals surface area contributed by atoms with Gasteiger partial charge in [0.05, 0.1) is 22.2 Å². The number of hydrogen-bond donors (Lipinski definition) is 1. The van der Waals surface area contributed by atoms with Gasteiger partial charge in [0, 0.05) is 44.3 Å². The average Bonchev–Trinajstić information content (AvgIpc) is 2.80. The molecule has 2 fully saturated rings. The Bertz CT molecular complexity index is 1050. The Morgan fingerprint density at radius 1 is 1.00 bits per heavy atom. The molecule has 1 atom stereocenters. The van der Waals surface area contributed by atoms with Gasteiger partial charge in [0.1, 0.15) is 0 Å². The van der Waals surface area contributed by atoms with Gasteiger partial charge in [0.15, 0.2) is 0 Å². The van der Waals surface area contributed by atoms with Crippen LogP contribution in [0.4, 0.5) is 11.4 Å². The molecule has 0 radical (unpaired) electrons. The Hall–Kier alpha value is -2.13. The maximum absolute atomic E-state index is 13.1. The van der Waals surface area contributed by atoms with Crippen molar-refractivity contribution < 1.29 is 13.2 Å². The highest BCUT2D eigenvalue weighted by Crippen LogP contribution is 2.29. The maximum atomic E-state index is 13.1. The zero-order valence-electron chi connectivity index (χ0n) is 18.2. The molecule has 2 aromatic rings. The summed E-state index contributed by atoms with van der Waals surface area (Å²) in [6.07, 6.45) is 1.31. The van der Waals surface area contributed by atoms with Crippen LogP contribution in [0.5, 0.6) is 0 Å². The van der Waals surface area contributed by atoms with Gasteiger partial charge in [-0.25, -0.2) is 8.42 Å². The summed E-state index contributed by atoms with van der Waals surface area (Å²) in [5.74, 6) is -0.533. The SMILES string of the molecule is CN1CCN(c2ccccc2NC(=O)C2CCCN(S(=O)(=O)c3ccc(Cl)cc3)C2)CC1. The molecule has 172 valence electrons. The third-order valence-corrected chi connectivity index (χ3v) is 8.34. The molecule has 0 bridgehead atoms. The van der Waals surface area contributed by atoms with Gasteiger partial charge in [0.2, 0.25) is 15.9 Å². The first-order valence-corrected chi connectivity index (χ1v) is 12.8. The minimum absolute atomic E-state index is 0.136. The zero-order chi connectivity index (χ0) is 22.7. The number of para-hydroxylation sites is 2. The summed E-state index contributed by atoms with van der Waals surface area (Å²) in [5.41, 5.74) is 1.79. The number of carbonyl (C=O) groups excluding carboxylic acids is 1. The van der Waals surface area contributed by atoms with Gasteiger partial charge in [0.25, 0.3) is 0 Å². The summed E-state index contributed by atoms with van der Waals surface area (Å²) in [6.45, 7) is 4.34. The maximum Gasteiger partial charge on any atom is 0.243 e. The first-order chi connectivity index (χ1) is 15.3. The Balaban J connectivity index is 1.46. The van der Waals surface area contributed by atoms with Crippen molar-refractivity contribution in [3.05, 3.63) is 53.6 Å². The fraction of sp³-hybridized carbons (Fsp3) is 0.435. The molecule has 1 unspecified atom stereocenters. The number of nitrogens with one attached hydrogen (secondary N) is 1. The van der Waals surface area contributed by atoms with E-state index in [1.165, 1.54) is 16.4 Å². The van der Waals surface area contributed by atoms with E-state index >= 15 is 0 Å². The average molecular weight is 477 g/mol. The first-order valence-electron chi connectivity index (χ1n) is 10.9. The van der Waals surface area contributed by atoms with Crippen molar-refractivity contribution in [1.82, 2.24) is 9.21 Å². The van der Waals surface area contributed by atoms with E-state index < -0.39 is 15.9 Å². The molecule has 0 saturated carbocycles. The van der Waals surface area contributed by atoms with Gasteiger partial charge in [-0.1, -0.05) is 23.7 Å².